The number of fused-ring (bicyclic) bond motifs is 1. The fourth-order valence-corrected chi connectivity index (χ4v) is 2.12. The fourth-order valence-electron chi connectivity index (χ4n) is 2.12. The maximum Gasteiger partial charge on any atom is 0.162 e. The zero-order valence-corrected chi connectivity index (χ0v) is 9.25. The lowest BCUT2D eigenvalue weighted by Gasteiger charge is -2.46. The number of hydrogen-bond donors (Lipinski definition) is 1. The van der Waals surface area contributed by atoms with Gasteiger partial charge >= 0.3 is 0 Å². The average molecular weight is 218 g/mol. The number of ether oxygens (including phenoxy) is 4. The van der Waals surface area contributed by atoms with E-state index in [4.69, 9.17) is 18.9 Å². The van der Waals surface area contributed by atoms with Gasteiger partial charge in [-0.3, -0.25) is 0 Å². The van der Waals surface area contributed by atoms with E-state index in [0.717, 1.165) is 0 Å². The molecule has 15 heavy (non-hydrogen) atoms. The van der Waals surface area contributed by atoms with Crippen molar-refractivity contribution in [3.63, 3.8) is 0 Å². The van der Waals surface area contributed by atoms with Crippen LogP contribution < -0.4 is 0 Å². The van der Waals surface area contributed by atoms with Gasteiger partial charge in [0, 0.05) is 13.0 Å². The molecule has 2 aliphatic heterocycles. The SMILES string of the molecule is CO[C@H]1OC2COC(C)O[C@@H]2[C@H](O)C1C. The molecule has 0 spiro atoms. The largest absolute Gasteiger partial charge is 0.390 e. The van der Waals surface area contributed by atoms with Crippen LogP contribution in [0.2, 0.25) is 0 Å². The highest BCUT2D eigenvalue weighted by molar-refractivity contribution is 4.90. The van der Waals surface area contributed by atoms with Crippen molar-refractivity contribution in [3.8, 4) is 0 Å². The number of methoxy groups -OCH3 is 1. The Kier molecular flexibility index (Phi) is 3.27. The number of aliphatic hydroxyl groups is 1. The fraction of sp³-hybridized carbons (Fsp3) is 1.00. The predicted molar refractivity (Wildman–Crippen MR) is 51.1 cm³/mol. The number of aliphatic hydroxyl groups excluding tert-OH is 1. The first-order valence-corrected chi connectivity index (χ1v) is 5.27. The smallest absolute Gasteiger partial charge is 0.162 e. The van der Waals surface area contributed by atoms with Gasteiger partial charge in [0.25, 0.3) is 0 Å². The minimum Gasteiger partial charge on any atom is -0.390 e. The third-order valence-electron chi connectivity index (χ3n) is 3.06. The van der Waals surface area contributed by atoms with E-state index in [2.05, 4.69) is 0 Å². The van der Waals surface area contributed by atoms with E-state index in [1.54, 1.807) is 7.11 Å². The van der Waals surface area contributed by atoms with E-state index >= 15 is 0 Å². The summed E-state index contributed by atoms with van der Waals surface area (Å²) in [5.74, 6) is -0.0958. The van der Waals surface area contributed by atoms with Gasteiger partial charge in [-0.15, -0.1) is 0 Å². The highest BCUT2D eigenvalue weighted by Gasteiger charge is 2.46. The normalized spacial score (nSPS) is 51.2. The van der Waals surface area contributed by atoms with Crippen molar-refractivity contribution in [3.05, 3.63) is 0 Å². The van der Waals surface area contributed by atoms with Crippen molar-refractivity contribution >= 4 is 0 Å². The van der Waals surface area contributed by atoms with Gasteiger partial charge < -0.3 is 24.1 Å². The second kappa shape index (κ2) is 4.35. The van der Waals surface area contributed by atoms with Crippen LogP contribution in [0.1, 0.15) is 13.8 Å². The minimum absolute atomic E-state index is 0.0958. The first-order chi connectivity index (χ1) is 7.13. The first kappa shape index (κ1) is 11.3. The molecule has 2 fully saturated rings. The van der Waals surface area contributed by atoms with E-state index in [-0.39, 0.29) is 30.7 Å². The van der Waals surface area contributed by atoms with Crippen LogP contribution in [0.4, 0.5) is 0 Å². The number of rotatable bonds is 1. The Balaban J connectivity index is 2.07. The molecule has 1 N–H and O–H groups in total. The maximum absolute atomic E-state index is 10.1. The average Bonchev–Trinajstić information content (AvgIpc) is 2.24. The van der Waals surface area contributed by atoms with Crippen LogP contribution in [-0.4, -0.2) is 49.7 Å². The Hall–Kier alpha value is -0.200. The molecule has 2 rings (SSSR count). The lowest BCUT2D eigenvalue weighted by atomic mass is 9.92. The third-order valence-corrected chi connectivity index (χ3v) is 3.06. The van der Waals surface area contributed by atoms with Gasteiger partial charge in [0.05, 0.1) is 12.7 Å². The summed E-state index contributed by atoms with van der Waals surface area (Å²) in [6.07, 6.45) is -1.79. The van der Waals surface area contributed by atoms with Crippen LogP contribution in [0, 0.1) is 5.92 Å². The summed E-state index contributed by atoms with van der Waals surface area (Å²) >= 11 is 0. The molecular weight excluding hydrogens is 200 g/mol. The molecule has 5 nitrogen and oxygen atoms in total. The lowest BCUT2D eigenvalue weighted by molar-refractivity contribution is -0.342. The molecule has 0 aromatic carbocycles. The van der Waals surface area contributed by atoms with E-state index in [1.165, 1.54) is 0 Å². The molecule has 0 aromatic heterocycles. The molecule has 0 radical (unpaired) electrons. The Bertz CT molecular complexity index is 220. The van der Waals surface area contributed by atoms with E-state index in [1.807, 2.05) is 13.8 Å². The quantitative estimate of drug-likeness (QED) is 0.677. The van der Waals surface area contributed by atoms with Gasteiger partial charge in [0.15, 0.2) is 12.6 Å². The monoisotopic (exact) mass is 218 g/mol. The zero-order chi connectivity index (χ0) is 11.0. The van der Waals surface area contributed by atoms with Crippen molar-refractivity contribution in [2.24, 2.45) is 5.92 Å². The molecule has 0 aliphatic carbocycles. The van der Waals surface area contributed by atoms with Crippen molar-refractivity contribution in [1.29, 1.82) is 0 Å². The minimum atomic E-state index is -0.569. The molecule has 2 aliphatic rings. The van der Waals surface area contributed by atoms with Crippen molar-refractivity contribution in [2.45, 2.75) is 44.7 Å². The van der Waals surface area contributed by atoms with Gasteiger partial charge in [0.2, 0.25) is 0 Å². The van der Waals surface area contributed by atoms with Crippen LogP contribution in [0.5, 0.6) is 0 Å². The Morgan fingerprint density at radius 1 is 1.27 bits per heavy atom. The molecule has 5 heteroatoms. The Morgan fingerprint density at radius 2 is 2.00 bits per heavy atom. The molecule has 6 atom stereocenters. The van der Waals surface area contributed by atoms with Crippen LogP contribution in [-0.2, 0) is 18.9 Å². The maximum atomic E-state index is 10.1. The third kappa shape index (κ3) is 2.03. The first-order valence-electron chi connectivity index (χ1n) is 5.27. The second-order valence-electron chi connectivity index (χ2n) is 4.13. The summed E-state index contributed by atoms with van der Waals surface area (Å²) in [7, 11) is 1.57. The molecule has 0 saturated carbocycles. The van der Waals surface area contributed by atoms with Gasteiger partial charge in [-0.1, -0.05) is 6.92 Å². The van der Waals surface area contributed by atoms with E-state index < -0.39 is 6.10 Å². The molecule has 2 saturated heterocycles. The number of hydrogen-bond acceptors (Lipinski definition) is 5. The van der Waals surface area contributed by atoms with Crippen LogP contribution in [0.15, 0.2) is 0 Å². The summed E-state index contributed by atoms with van der Waals surface area (Å²) < 4.78 is 21.6. The summed E-state index contributed by atoms with van der Waals surface area (Å²) in [6, 6.07) is 0. The van der Waals surface area contributed by atoms with E-state index in [0.29, 0.717) is 6.61 Å². The molecule has 2 heterocycles. The highest BCUT2D eigenvalue weighted by Crippen LogP contribution is 2.31. The van der Waals surface area contributed by atoms with Gasteiger partial charge in [0.1, 0.15) is 12.2 Å². The van der Waals surface area contributed by atoms with Crippen molar-refractivity contribution < 1.29 is 24.1 Å². The lowest BCUT2D eigenvalue weighted by Crippen LogP contribution is -2.59. The summed E-state index contributed by atoms with van der Waals surface area (Å²) in [5.41, 5.74) is 0. The Labute approximate surface area is 89.3 Å². The summed E-state index contributed by atoms with van der Waals surface area (Å²) in [5, 5.41) is 10.1. The summed E-state index contributed by atoms with van der Waals surface area (Å²) in [4.78, 5) is 0. The van der Waals surface area contributed by atoms with E-state index in [9.17, 15) is 5.11 Å². The highest BCUT2D eigenvalue weighted by atomic mass is 16.7. The zero-order valence-electron chi connectivity index (χ0n) is 9.25. The van der Waals surface area contributed by atoms with Gasteiger partial charge in [-0.25, -0.2) is 0 Å². The van der Waals surface area contributed by atoms with Crippen LogP contribution in [0.3, 0.4) is 0 Å². The molecule has 88 valence electrons. The molecule has 0 bridgehead atoms. The Morgan fingerprint density at radius 3 is 2.67 bits per heavy atom. The summed E-state index contributed by atoms with van der Waals surface area (Å²) in [6.45, 7) is 4.14. The molecular formula is C10H18O5. The molecule has 0 aromatic rings. The standard InChI is InChI=1S/C10H18O5/c1-5-8(11)9-7(15-10(5)12-3)4-13-6(2)14-9/h5-11H,4H2,1-3H3/t5?,6?,7?,8-,9+,10+/m1/s1. The molecule has 0 amide bonds. The van der Waals surface area contributed by atoms with Gasteiger partial charge in [-0.05, 0) is 6.92 Å². The van der Waals surface area contributed by atoms with Crippen molar-refractivity contribution in [2.75, 3.05) is 13.7 Å². The van der Waals surface area contributed by atoms with Crippen LogP contribution in [0.25, 0.3) is 0 Å². The topological polar surface area (TPSA) is 57.2 Å². The van der Waals surface area contributed by atoms with Gasteiger partial charge in [-0.2, -0.15) is 0 Å². The van der Waals surface area contributed by atoms with Crippen LogP contribution >= 0.6 is 0 Å². The second-order valence-corrected chi connectivity index (χ2v) is 4.13. The molecule has 3 unspecified atom stereocenters. The van der Waals surface area contributed by atoms with Crippen molar-refractivity contribution in [1.82, 2.24) is 0 Å². The predicted octanol–water partition coefficient (Wildman–Crippen LogP) is 0.116.